The molecular weight excluding hydrogens is 686 g/mol. The summed E-state index contributed by atoms with van der Waals surface area (Å²) in [7, 11) is 3.42. The van der Waals surface area contributed by atoms with Crippen molar-refractivity contribution in [1.29, 1.82) is 0 Å². The molecule has 2 heterocycles. The van der Waals surface area contributed by atoms with Gasteiger partial charge in [-0.15, -0.1) is 0 Å². The number of ether oxygens (including phenoxy) is 2. The van der Waals surface area contributed by atoms with Crippen LogP contribution in [-0.2, 0) is 28.4 Å². The zero-order valence-corrected chi connectivity index (χ0v) is 29.9. The molecule has 0 aliphatic carbocycles. The van der Waals surface area contributed by atoms with Gasteiger partial charge in [-0.05, 0) is 71.5 Å². The summed E-state index contributed by atoms with van der Waals surface area (Å²) in [5, 5.41) is 23.5. The van der Waals surface area contributed by atoms with Crippen molar-refractivity contribution < 1.29 is 29.0 Å². The normalized spacial score (nSPS) is 11.8. The maximum atomic E-state index is 13.1. The second-order valence-corrected chi connectivity index (χ2v) is 12.4. The molecule has 4 aromatic carbocycles. The highest BCUT2D eigenvalue weighted by molar-refractivity contribution is 5.95. The van der Waals surface area contributed by atoms with Crippen LogP contribution in [0.4, 0.5) is 26.9 Å². The number of carboxylic acid groups (broad SMARTS) is 1. The Labute approximate surface area is 311 Å². The van der Waals surface area contributed by atoms with E-state index in [1.54, 1.807) is 75.4 Å². The topological polar surface area (TPSA) is 176 Å². The molecule has 2 aromatic heterocycles. The van der Waals surface area contributed by atoms with Crippen LogP contribution in [0.15, 0.2) is 109 Å². The van der Waals surface area contributed by atoms with E-state index in [2.05, 4.69) is 32.7 Å². The highest BCUT2D eigenvalue weighted by atomic mass is 16.6. The first-order valence-electron chi connectivity index (χ1n) is 16.9. The average Bonchev–Trinajstić information content (AvgIpc) is 3.71. The highest BCUT2D eigenvalue weighted by Gasteiger charge is 2.21. The zero-order chi connectivity index (χ0) is 38.4. The zero-order valence-electron chi connectivity index (χ0n) is 29.9. The number of aryl methyl sites for hydroxylation is 2. The van der Waals surface area contributed by atoms with Crippen molar-refractivity contribution >= 4 is 35.5 Å². The minimum atomic E-state index is -1.25. The van der Waals surface area contributed by atoms with E-state index < -0.39 is 30.4 Å². The number of carbonyl (C=O) groups excluding carboxylic acids is 2. The summed E-state index contributed by atoms with van der Waals surface area (Å²) in [6.45, 7) is 3.55. The standard InChI is InChI=1S/C41H37N7O6/c1-25(28-8-6-5-7-9-28)53-41(52)46-39-36(24-44-48(39)4)33-20-10-27(11-21-37(49)50)22-34(33)30-14-12-29(13-15-30)26(2)54-40(51)45-38-35(23-43-47(38)3)31-16-18-32(42)19-17-31/h5-10,12-20,22-26H,42H2,1-4H3,(H,45,51)(H,46,52)(H,49,50). The number of anilines is 3. The number of carbonyl (C=O) groups is 3. The Morgan fingerprint density at radius 2 is 1.20 bits per heavy atom. The number of aromatic nitrogens is 4. The minimum absolute atomic E-state index is 0.392. The largest absolute Gasteiger partial charge is 0.472 e. The monoisotopic (exact) mass is 723 g/mol. The lowest BCUT2D eigenvalue weighted by Gasteiger charge is -2.17. The first-order valence-corrected chi connectivity index (χ1v) is 16.9. The van der Waals surface area contributed by atoms with Crippen LogP contribution in [0.3, 0.4) is 0 Å². The Balaban J connectivity index is 1.23. The molecule has 0 aliphatic heterocycles. The van der Waals surface area contributed by atoms with Gasteiger partial charge in [0.2, 0.25) is 0 Å². The van der Waals surface area contributed by atoms with E-state index in [9.17, 15) is 19.5 Å². The number of carboxylic acids is 1. The van der Waals surface area contributed by atoms with Crippen LogP contribution in [0.1, 0.15) is 42.7 Å². The number of nitrogens with two attached hydrogens (primary N) is 1. The summed E-state index contributed by atoms with van der Waals surface area (Å²) >= 11 is 0. The van der Waals surface area contributed by atoms with Gasteiger partial charge in [-0.1, -0.05) is 78.7 Å². The Morgan fingerprint density at radius 3 is 1.80 bits per heavy atom. The first kappa shape index (κ1) is 36.5. The molecule has 2 unspecified atom stereocenters. The molecule has 6 rings (SSSR count). The molecule has 0 spiro atoms. The Hall–Kier alpha value is -7.33. The minimum Gasteiger partial charge on any atom is -0.472 e. The fraction of sp³-hybridized carbons (Fsp3) is 0.146. The van der Waals surface area contributed by atoms with Crippen molar-refractivity contribution in [3.63, 3.8) is 0 Å². The summed E-state index contributed by atoms with van der Waals surface area (Å²) in [5.41, 5.74) is 12.8. The fourth-order valence-corrected chi connectivity index (χ4v) is 5.83. The Bertz CT molecular complexity index is 2370. The molecule has 0 aliphatic rings. The molecule has 54 heavy (non-hydrogen) atoms. The summed E-state index contributed by atoms with van der Waals surface area (Å²) in [6, 6.07) is 29.3. The highest BCUT2D eigenvalue weighted by Crippen LogP contribution is 2.38. The third-order valence-corrected chi connectivity index (χ3v) is 8.69. The molecule has 0 fully saturated rings. The van der Waals surface area contributed by atoms with Gasteiger partial charge in [-0.2, -0.15) is 10.2 Å². The van der Waals surface area contributed by atoms with Crippen molar-refractivity contribution in [3.05, 3.63) is 126 Å². The average molecular weight is 724 g/mol. The van der Waals surface area contributed by atoms with Gasteiger partial charge in [0.25, 0.3) is 0 Å². The second-order valence-electron chi connectivity index (χ2n) is 12.4. The lowest BCUT2D eigenvalue weighted by molar-refractivity contribution is -0.130. The molecule has 0 saturated heterocycles. The molecule has 2 amide bonds. The van der Waals surface area contributed by atoms with Gasteiger partial charge in [-0.25, -0.2) is 14.4 Å². The number of benzene rings is 4. The van der Waals surface area contributed by atoms with Gasteiger partial charge < -0.3 is 20.3 Å². The second kappa shape index (κ2) is 15.9. The predicted molar refractivity (Wildman–Crippen MR) is 205 cm³/mol. The maximum Gasteiger partial charge on any atom is 0.413 e. The molecule has 13 nitrogen and oxygen atoms in total. The van der Waals surface area contributed by atoms with E-state index in [0.29, 0.717) is 45.1 Å². The molecule has 13 heteroatoms. The summed E-state index contributed by atoms with van der Waals surface area (Å²) in [5.74, 6) is 4.44. The van der Waals surface area contributed by atoms with Gasteiger partial charge >= 0.3 is 18.2 Å². The van der Waals surface area contributed by atoms with E-state index in [0.717, 1.165) is 22.3 Å². The predicted octanol–water partition coefficient (Wildman–Crippen LogP) is 7.79. The molecule has 2 atom stereocenters. The van der Waals surface area contributed by atoms with Gasteiger partial charge in [0.05, 0.1) is 12.4 Å². The molecule has 0 bridgehead atoms. The van der Waals surface area contributed by atoms with Crippen LogP contribution >= 0.6 is 0 Å². The first-order chi connectivity index (χ1) is 26.0. The van der Waals surface area contributed by atoms with Gasteiger partial charge in [0.1, 0.15) is 23.8 Å². The smallest absolute Gasteiger partial charge is 0.413 e. The third kappa shape index (κ3) is 8.41. The Morgan fingerprint density at radius 1 is 0.685 bits per heavy atom. The van der Waals surface area contributed by atoms with Crippen LogP contribution in [0.5, 0.6) is 0 Å². The number of rotatable bonds is 9. The Kier molecular flexibility index (Phi) is 10.7. The number of nitrogens with zero attached hydrogens (tertiary/aromatic N) is 4. The van der Waals surface area contributed by atoms with E-state index in [1.807, 2.05) is 66.7 Å². The summed E-state index contributed by atoms with van der Waals surface area (Å²) in [4.78, 5) is 37.4. The SMILES string of the molecule is CC(OC(=O)Nc1c(-c2ccc(N)cc2)cnn1C)c1ccc(-c2cc(C#CC(=O)O)ccc2-c2cnn(C)c2NC(=O)OC(C)c2ccccc2)cc1. The van der Waals surface area contributed by atoms with Crippen LogP contribution in [0.25, 0.3) is 33.4 Å². The summed E-state index contributed by atoms with van der Waals surface area (Å²) in [6.07, 6.45) is 0.840. The van der Waals surface area contributed by atoms with Crippen LogP contribution in [0.2, 0.25) is 0 Å². The van der Waals surface area contributed by atoms with Gasteiger partial charge in [0.15, 0.2) is 0 Å². The lowest BCUT2D eigenvalue weighted by Crippen LogP contribution is -2.18. The molecule has 5 N–H and O–H groups in total. The van der Waals surface area contributed by atoms with Crippen LogP contribution < -0.4 is 16.4 Å². The van der Waals surface area contributed by atoms with E-state index in [4.69, 9.17) is 15.2 Å². The number of nitrogens with one attached hydrogen (secondary N) is 2. The van der Waals surface area contributed by atoms with Crippen LogP contribution in [-0.4, -0.2) is 42.8 Å². The molecule has 0 saturated carbocycles. The van der Waals surface area contributed by atoms with Gasteiger partial charge in [0, 0.05) is 42.4 Å². The van der Waals surface area contributed by atoms with Crippen molar-refractivity contribution in [3.8, 4) is 45.2 Å². The molecule has 6 aromatic rings. The molecule has 272 valence electrons. The van der Waals surface area contributed by atoms with E-state index in [1.165, 1.54) is 4.68 Å². The van der Waals surface area contributed by atoms with Crippen molar-refractivity contribution in [2.24, 2.45) is 14.1 Å². The third-order valence-electron chi connectivity index (χ3n) is 8.69. The number of nitrogen functional groups attached to an aromatic ring is 1. The van der Waals surface area contributed by atoms with Crippen molar-refractivity contribution in [1.82, 2.24) is 19.6 Å². The number of hydrogen-bond acceptors (Lipinski definition) is 8. The molecule has 0 radical (unpaired) electrons. The number of amides is 2. The quantitative estimate of drug-likeness (QED) is 0.0857. The summed E-state index contributed by atoms with van der Waals surface area (Å²) < 4.78 is 14.5. The van der Waals surface area contributed by atoms with Crippen molar-refractivity contribution in [2.75, 3.05) is 16.4 Å². The lowest BCUT2D eigenvalue weighted by atomic mass is 9.93. The van der Waals surface area contributed by atoms with Crippen LogP contribution in [0, 0.1) is 11.8 Å². The van der Waals surface area contributed by atoms with E-state index >= 15 is 0 Å². The van der Waals surface area contributed by atoms with Gasteiger partial charge in [-0.3, -0.25) is 20.0 Å². The van der Waals surface area contributed by atoms with Crippen molar-refractivity contribution in [2.45, 2.75) is 26.1 Å². The number of hydrogen-bond donors (Lipinski definition) is 4. The maximum absolute atomic E-state index is 13.1. The number of aliphatic carboxylic acids is 1. The van der Waals surface area contributed by atoms with E-state index in [-0.39, 0.29) is 0 Å². The molecular formula is C41H37N7O6. The fourth-order valence-electron chi connectivity index (χ4n) is 5.83.